The Morgan fingerprint density at radius 2 is 2.00 bits per heavy atom. The molecule has 1 heterocycles. The second-order valence-corrected chi connectivity index (χ2v) is 8.23. The normalized spacial score (nSPS) is 11.4. The van der Waals surface area contributed by atoms with Crippen LogP contribution in [0.5, 0.6) is 0 Å². The fraction of sp³-hybridized carbons (Fsp3) is 0.0667. The molecule has 1 aromatic heterocycles. The average molecular weight is 377 g/mol. The number of aromatic nitrogens is 1. The van der Waals surface area contributed by atoms with Crippen molar-refractivity contribution in [2.75, 3.05) is 11.6 Å². The molecule has 0 radical (unpaired) electrons. The number of nitrogens with zero attached hydrogens (tertiary/aromatic N) is 2. The number of sulfone groups is 1. The summed E-state index contributed by atoms with van der Waals surface area (Å²) in [5, 5.41) is 13.6. The first-order valence-corrected chi connectivity index (χ1v) is 9.61. The van der Waals surface area contributed by atoms with Gasteiger partial charge in [0.25, 0.3) is 11.6 Å². The van der Waals surface area contributed by atoms with Gasteiger partial charge >= 0.3 is 0 Å². The number of nitro groups is 1. The van der Waals surface area contributed by atoms with Crippen molar-refractivity contribution >= 4 is 48.1 Å². The Labute approximate surface area is 146 Å². The van der Waals surface area contributed by atoms with E-state index < -0.39 is 20.7 Å². The van der Waals surface area contributed by atoms with E-state index in [1.54, 1.807) is 6.07 Å². The third kappa shape index (κ3) is 3.64. The molecule has 0 saturated heterocycles. The van der Waals surface area contributed by atoms with Gasteiger partial charge in [-0.1, -0.05) is 17.4 Å². The second-order valence-electron chi connectivity index (χ2n) is 5.18. The summed E-state index contributed by atoms with van der Waals surface area (Å²) in [4.78, 5) is 26.8. The number of fused-ring (bicyclic) bond motifs is 1. The maximum atomic E-state index is 12.3. The van der Waals surface area contributed by atoms with Crippen LogP contribution in [0.1, 0.15) is 10.4 Å². The first kappa shape index (κ1) is 17.0. The summed E-state index contributed by atoms with van der Waals surface area (Å²) in [6.07, 6.45) is 1.06. The Bertz CT molecular complexity index is 1110. The summed E-state index contributed by atoms with van der Waals surface area (Å²) in [5.74, 6) is -0.515. The molecule has 1 amide bonds. The van der Waals surface area contributed by atoms with E-state index in [9.17, 15) is 23.3 Å². The molecule has 0 bridgehead atoms. The van der Waals surface area contributed by atoms with Crippen molar-refractivity contribution in [3.05, 3.63) is 58.1 Å². The lowest BCUT2D eigenvalue weighted by Crippen LogP contribution is -2.12. The van der Waals surface area contributed by atoms with Crippen LogP contribution in [0.4, 0.5) is 10.8 Å². The molecule has 0 unspecified atom stereocenters. The number of carbonyl (C=O) groups is 1. The molecule has 0 fully saturated rings. The number of benzene rings is 2. The van der Waals surface area contributed by atoms with E-state index in [4.69, 9.17) is 0 Å². The molecule has 3 aromatic rings. The van der Waals surface area contributed by atoms with E-state index in [0.717, 1.165) is 6.26 Å². The molecule has 8 nitrogen and oxygen atoms in total. The Balaban J connectivity index is 1.88. The molecule has 3 rings (SSSR count). The molecule has 10 heteroatoms. The van der Waals surface area contributed by atoms with Gasteiger partial charge in [0.05, 0.1) is 20.0 Å². The number of rotatable bonds is 4. The Morgan fingerprint density at radius 1 is 1.24 bits per heavy atom. The smallest absolute Gasteiger partial charge is 0.271 e. The van der Waals surface area contributed by atoms with E-state index in [-0.39, 0.29) is 21.3 Å². The van der Waals surface area contributed by atoms with Gasteiger partial charge in [-0.25, -0.2) is 13.4 Å². The minimum atomic E-state index is -3.42. The van der Waals surface area contributed by atoms with Crippen LogP contribution in [0.2, 0.25) is 0 Å². The van der Waals surface area contributed by atoms with E-state index in [0.29, 0.717) is 10.2 Å². The van der Waals surface area contributed by atoms with Crippen molar-refractivity contribution in [3.63, 3.8) is 0 Å². The Morgan fingerprint density at radius 3 is 2.68 bits per heavy atom. The van der Waals surface area contributed by atoms with Crippen LogP contribution in [0.25, 0.3) is 10.2 Å². The summed E-state index contributed by atoms with van der Waals surface area (Å²) < 4.78 is 23.8. The predicted octanol–water partition coefficient (Wildman–Crippen LogP) is 2.86. The first-order valence-electron chi connectivity index (χ1n) is 6.90. The van der Waals surface area contributed by atoms with Crippen LogP contribution in [-0.2, 0) is 9.84 Å². The number of hydrogen-bond acceptors (Lipinski definition) is 7. The van der Waals surface area contributed by atoms with Gasteiger partial charge in [0.2, 0.25) is 0 Å². The van der Waals surface area contributed by atoms with Crippen molar-refractivity contribution in [1.82, 2.24) is 4.98 Å². The minimum absolute atomic E-state index is 0.0417. The van der Waals surface area contributed by atoms with Gasteiger partial charge in [-0.2, -0.15) is 0 Å². The molecule has 0 aliphatic rings. The highest BCUT2D eigenvalue weighted by Crippen LogP contribution is 2.29. The molecule has 0 saturated carbocycles. The second kappa shape index (κ2) is 6.22. The van der Waals surface area contributed by atoms with E-state index >= 15 is 0 Å². The first-order chi connectivity index (χ1) is 11.7. The number of anilines is 1. The van der Waals surface area contributed by atoms with Crippen molar-refractivity contribution < 1.29 is 18.1 Å². The van der Waals surface area contributed by atoms with Crippen LogP contribution in [0.3, 0.4) is 0 Å². The maximum absolute atomic E-state index is 12.3. The number of carbonyl (C=O) groups excluding carboxylic acids is 1. The van der Waals surface area contributed by atoms with E-state index in [1.165, 1.54) is 47.7 Å². The number of thiazole rings is 1. The summed E-state index contributed by atoms with van der Waals surface area (Å²) in [5.41, 5.74) is 0.490. The SMILES string of the molecule is CS(=O)(=O)c1cccc(C(=O)Nc2nc3cc([N+](=O)[O-])ccc3s2)c1. The summed E-state index contributed by atoms with van der Waals surface area (Å²) in [6.45, 7) is 0. The fourth-order valence-electron chi connectivity index (χ4n) is 2.12. The predicted molar refractivity (Wildman–Crippen MR) is 93.8 cm³/mol. The molecular weight excluding hydrogens is 366 g/mol. The number of nitro benzene ring substituents is 1. The lowest BCUT2D eigenvalue weighted by molar-refractivity contribution is -0.384. The molecule has 0 atom stereocenters. The topological polar surface area (TPSA) is 119 Å². The standard InChI is InChI=1S/C15H11N3O5S2/c1-25(22,23)11-4-2-3-9(7-11)14(19)17-15-16-12-8-10(18(20)21)5-6-13(12)24-15/h2-8H,1H3,(H,16,17,19). The minimum Gasteiger partial charge on any atom is -0.298 e. The Kier molecular flexibility index (Phi) is 4.23. The highest BCUT2D eigenvalue weighted by Gasteiger charge is 2.15. The van der Waals surface area contributed by atoms with Gasteiger partial charge in [-0.3, -0.25) is 20.2 Å². The van der Waals surface area contributed by atoms with Crippen molar-refractivity contribution in [2.45, 2.75) is 4.90 Å². The molecule has 0 aliphatic heterocycles. The van der Waals surface area contributed by atoms with Gasteiger partial charge in [0.1, 0.15) is 0 Å². The molecule has 2 aromatic carbocycles. The van der Waals surface area contributed by atoms with Crippen molar-refractivity contribution in [1.29, 1.82) is 0 Å². The van der Waals surface area contributed by atoms with Crippen LogP contribution >= 0.6 is 11.3 Å². The summed E-state index contributed by atoms with van der Waals surface area (Å²) in [7, 11) is -3.42. The molecule has 25 heavy (non-hydrogen) atoms. The van der Waals surface area contributed by atoms with E-state index in [1.807, 2.05) is 0 Å². The maximum Gasteiger partial charge on any atom is 0.271 e. The summed E-state index contributed by atoms with van der Waals surface area (Å²) in [6, 6.07) is 9.90. The molecular formula is C15H11N3O5S2. The van der Waals surface area contributed by atoms with Gasteiger partial charge in [0.15, 0.2) is 15.0 Å². The molecule has 0 spiro atoms. The monoisotopic (exact) mass is 377 g/mol. The Hall–Kier alpha value is -2.85. The van der Waals surface area contributed by atoms with Crippen LogP contribution < -0.4 is 5.32 Å². The van der Waals surface area contributed by atoms with Crippen molar-refractivity contribution in [2.24, 2.45) is 0 Å². The zero-order valence-corrected chi connectivity index (χ0v) is 14.4. The quantitative estimate of drug-likeness (QED) is 0.551. The van der Waals surface area contributed by atoms with Crippen molar-refractivity contribution in [3.8, 4) is 0 Å². The van der Waals surface area contributed by atoms with Crippen LogP contribution in [0.15, 0.2) is 47.4 Å². The number of hydrogen-bond donors (Lipinski definition) is 1. The average Bonchev–Trinajstić information content (AvgIpc) is 2.95. The zero-order valence-electron chi connectivity index (χ0n) is 12.8. The van der Waals surface area contributed by atoms with Gasteiger partial charge in [-0.05, 0) is 24.3 Å². The van der Waals surface area contributed by atoms with E-state index in [2.05, 4.69) is 10.3 Å². The summed E-state index contributed by atoms with van der Waals surface area (Å²) >= 11 is 1.17. The third-order valence-electron chi connectivity index (χ3n) is 3.33. The largest absolute Gasteiger partial charge is 0.298 e. The van der Waals surface area contributed by atoms with Crippen LogP contribution in [0, 0.1) is 10.1 Å². The van der Waals surface area contributed by atoms with Gasteiger partial charge in [0, 0.05) is 24.0 Å². The lowest BCUT2D eigenvalue weighted by atomic mass is 10.2. The van der Waals surface area contributed by atoms with Gasteiger partial charge in [-0.15, -0.1) is 0 Å². The molecule has 1 N–H and O–H groups in total. The molecule has 128 valence electrons. The van der Waals surface area contributed by atoms with Gasteiger partial charge < -0.3 is 0 Å². The fourth-order valence-corrected chi connectivity index (χ4v) is 3.63. The lowest BCUT2D eigenvalue weighted by Gasteiger charge is -2.03. The van der Waals surface area contributed by atoms with Crippen LogP contribution in [-0.4, -0.2) is 30.5 Å². The highest BCUT2D eigenvalue weighted by atomic mass is 32.2. The number of amides is 1. The highest BCUT2D eigenvalue weighted by molar-refractivity contribution is 7.90. The number of non-ortho nitro benzene ring substituents is 1. The molecule has 0 aliphatic carbocycles. The third-order valence-corrected chi connectivity index (χ3v) is 5.39. The zero-order chi connectivity index (χ0) is 18.2. The number of nitrogens with one attached hydrogen (secondary N) is 1.